The number of nitrogens with one attached hydrogen (secondary N) is 1. The molecule has 1 amide bonds. The lowest BCUT2D eigenvalue weighted by atomic mass is 10.1. The van der Waals surface area contributed by atoms with E-state index in [1.807, 2.05) is 24.4 Å². The molecule has 0 aliphatic carbocycles. The molecule has 0 atom stereocenters. The molecular weight excluding hydrogens is 367 g/mol. The van der Waals surface area contributed by atoms with Gasteiger partial charge in [0.05, 0.1) is 5.69 Å². The monoisotopic (exact) mass is 380 g/mol. The number of hydrogen-bond acceptors (Lipinski definition) is 6. The van der Waals surface area contributed by atoms with Crippen LogP contribution in [0.3, 0.4) is 0 Å². The molecule has 0 aliphatic rings. The standard InChI is InChI=1S/C19H13FN4O2S/c1-11-4-3-7-21-15(11)14-9-27-19(23-14)24-18(25)17-16(22-10-26-17)12-5-2-6-13(20)8-12/h2-10H,1H3,(H,23,24,25). The minimum Gasteiger partial charge on any atom is -0.438 e. The summed E-state index contributed by atoms with van der Waals surface area (Å²) in [5, 5.41) is 4.91. The Kier molecular flexibility index (Phi) is 4.47. The van der Waals surface area contributed by atoms with Crippen LogP contribution in [0.4, 0.5) is 9.52 Å². The predicted molar refractivity (Wildman–Crippen MR) is 99.9 cm³/mol. The minimum atomic E-state index is -0.509. The lowest BCUT2D eigenvalue weighted by Gasteiger charge is -2.02. The quantitative estimate of drug-likeness (QED) is 0.561. The fourth-order valence-electron chi connectivity index (χ4n) is 2.60. The molecule has 0 saturated heterocycles. The Morgan fingerprint density at radius 1 is 1.19 bits per heavy atom. The smallest absolute Gasteiger partial charge is 0.295 e. The maximum absolute atomic E-state index is 13.5. The first-order valence-corrected chi connectivity index (χ1v) is 8.88. The summed E-state index contributed by atoms with van der Waals surface area (Å²) >= 11 is 1.28. The number of rotatable bonds is 4. The van der Waals surface area contributed by atoms with E-state index in [0.717, 1.165) is 17.7 Å². The van der Waals surface area contributed by atoms with Crippen molar-refractivity contribution in [3.8, 4) is 22.6 Å². The van der Waals surface area contributed by atoms with Crippen molar-refractivity contribution in [1.29, 1.82) is 0 Å². The van der Waals surface area contributed by atoms with Gasteiger partial charge in [-0.05, 0) is 30.7 Å². The molecule has 27 heavy (non-hydrogen) atoms. The van der Waals surface area contributed by atoms with Crippen molar-refractivity contribution in [2.45, 2.75) is 6.92 Å². The average Bonchev–Trinajstić information content (AvgIpc) is 3.31. The average molecular weight is 380 g/mol. The number of carbonyl (C=O) groups is 1. The number of anilines is 1. The van der Waals surface area contributed by atoms with Crippen molar-refractivity contribution in [2.24, 2.45) is 0 Å². The maximum atomic E-state index is 13.5. The molecule has 0 fully saturated rings. The van der Waals surface area contributed by atoms with Crippen molar-refractivity contribution >= 4 is 22.4 Å². The van der Waals surface area contributed by atoms with Crippen LogP contribution in [0.1, 0.15) is 16.1 Å². The summed E-state index contributed by atoms with van der Waals surface area (Å²) in [4.78, 5) is 25.3. The first-order chi connectivity index (χ1) is 13.1. The Hall–Kier alpha value is -3.39. The number of oxazole rings is 1. The van der Waals surface area contributed by atoms with Crippen LogP contribution in [0.2, 0.25) is 0 Å². The molecule has 3 aromatic heterocycles. The van der Waals surface area contributed by atoms with Crippen molar-refractivity contribution in [1.82, 2.24) is 15.0 Å². The Morgan fingerprint density at radius 3 is 2.89 bits per heavy atom. The number of halogens is 1. The Labute approximate surface area is 157 Å². The van der Waals surface area contributed by atoms with E-state index in [1.165, 1.54) is 23.5 Å². The summed E-state index contributed by atoms with van der Waals surface area (Å²) in [7, 11) is 0. The number of amides is 1. The summed E-state index contributed by atoms with van der Waals surface area (Å²) in [5.74, 6) is -0.936. The van der Waals surface area contributed by atoms with Crippen molar-refractivity contribution in [3.05, 3.63) is 71.5 Å². The van der Waals surface area contributed by atoms with E-state index in [2.05, 4.69) is 20.3 Å². The van der Waals surface area contributed by atoms with Crippen LogP contribution in [0.25, 0.3) is 22.6 Å². The Morgan fingerprint density at radius 2 is 2.07 bits per heavy atom. The molecule has 134 valence electrons. The second kappa shape index (κ2) is 7.08. The second-order valence-corrected chi connectivity index (χ2v) is 6.56. The van der Waals surface area contributed by atoms with E-state index >= 15 is 0 Å². The van der Waals surface area contributed by atoms with Crippen molar-refractivity contribution in [3.63, 3.8) is 0 Å². The summed E-state index contributed by atoms with van der Waals surface area (Å²) in [6, 6.07) is 9.61. The molecule has 0 aliphatic heterocycles. The normalized spacial score (nSPS) is 10.7. The van der Waals surface area contributed by atoms with E-state index in [-0.39, 0.29) is 11.5 Å². The van der Waals surface area contributed by atoms with Crippen molar-refractivity contribution < 1.29 is 13.6 Å². The Balaban J connectivity index is 1.58. The molecular formula is C19H13FN4O2S. The molecule has 0 bridgehead atoms. The molecule has 6 nitrogen and oxygen atoms in total. The zero-order chi connectivity index (χ0) is 18.8. The van der Waals surface area contributed by atoms with Gasteiger partial charge in [0.25, 0.3) is 5.91 Å². The first kappa shape index (κ1) is 17.0. The van der Waals surface area contributed by atoms with Crippen molar-refractivity contribution in [2.75, 3.05) is 5.32 Å². The predicted octanol–water partition coefficient (Wildman–Crippen LogP) is 4.56. The SMILES string of the molecule is Cc1cccnc1-c1csc(NC(=O)c2ocnc2-c2cccc(F)c2)n1. The van der Waals surface area contributed by atoms with Gasteiger partial charge in [0, 0.05) is 17.1 Å². The highest BCUT2D eigenvalue weighted by Crippen LogP contribution is 2.27. The molecule has 4 aromatic rings. The molecule has 4 rings (SSSR count). The lowest BCUT2D eigenvalue weighted by molar-refractivity contribution is 0.0997. The summed E-state index contributed by atoms with van der Waals surface area (Å²) in [5.41, 5.74) is 3.15. The van der Waals surface area contributed by atoms with Crippen LogP contribution in [0, 0.1) is 12.7 Å². The number of aryl methyl sites for hydroxylation is 1. The highest BCUT2D eigenvalue weighted by molar-refractivity contribution is 7.14. The van der Waals surface area contributed by atoms with Gasteiger partial charge in [0.1, 0.15) is 17.2 Å². The highest BCUT2D eigenvalue weighted by Gasteiger charge is 2.20. The van der Waals surface area contributed by atoms with E-state index in [0.29, 0.717) is 16.4 Å². The fraction of sp³-hybridized carbons (Fsp3) is 0.0526. The minimum absolute atomic E-state index is 0.00799. The second-order valence-electron chi connectivity index (χ2n) is 5.70. The topological polar surface area (TPSA) is 80.9 Å². The maximum Gasteiger partial charge on any atom is 0.295 e. The van der Waals surface area contributed by atoms with Gasteiger partial charge in [-0.25, -0.2) is 14.4 Å². The third-order valence-corrected chi connectivity index (χ3v) is 4.61. The van der Waals surface area contributed by atoms with Gasteiger partial charge >= 0.3 is 0 Å². The zero-order valence-electron chi connectivity index (χ0n) is 14.1. The van der Waals surface area contributed by atoms with E-state index in [4.69, 9.17) is 4.42 Å². The number of hydrogen-bond donors (Lipinski definition) is 1. The van der Waals surface area contributed by atoms with Gasteiger partial charge in [-0.1, -0.05) is 18.2 Å². The van der Waals surface area contributed by atoms with Gasteiger partial charge < -0.3 is 4.42 Å². The van der Waals surface area contributed by atoms with E-state index in [1.54, 1.807) is 18.3 Å². The number of thiazole rings is 1. The number of nitrogens with zero attached hydrogens (tertiary/aromatic N) is 3. The van der Waals surface area contributed by atoms with Gasteiger partial charge in [-0.2, -0.15) is 0 Å². The molecule has 0 spiro atoms. The molecule has 3 heterocycles. The van der Waals surface area contributed by atoms with Crippen LogP contribution in [0.5, 0.6) is 0 Å². The lowest BCUT2D eigenvalue weighted by Crippen LogP contribution is -2.12. The number of pyridine rings is 1. The molecule has 8 heteroatoms. The largest absolute Gasteiger partial charge is 0.438 e. The zero-order valence-corrected chi connectivity index (χ0v) is 15.0. The van der Waals surface area contributed by atoms with Crippen LogP contribution < -0.4 is 5.32 Å². The van der Waals surface area contributed by atoms with Crippen LogP contribution >= 0.6 is 11.3 Å². The van der Waals surface area contributed by atoms with Gasteiger partial charge in [-0.15, -0.1) is 11.3 Å². The molecule has 0 saturated carbocycles. The molecule has 0 radical (unpaired) electrons. The van der Waals surface area contributed by atoms with Gasteiger partial charge in [-0.3, -0.25) is 15.1 Å². The third kappa shape index (κ3) is 3.47. The van der Waals surface area contributed by atoms with Crippen LogP contribution in [0.15, 0.2) is 58.8 Å². The first-order valence-electron chi connectivity index (χ1n) is 8.00. The third-order valence-electron chi connectivity index (χ3n) is 3.85. The highest BCUT2D eigenvalue weighted by atomic mass is 32.1. The fourth-order valence-corrected chi connectivity index (χ4v) is 3.29. The van der Waals surface area contributed by atoms with E-state index in [9.17, 15) is 9.18 Å². The van der Waals surface area contributed by atoms with Crippen LogP contribution in [-0.4, -0.2) is 20.9 Å². The summed E-state index contributed by atoms with van der Waals surface area (Å²) in [6.45, 7) is 1.94. The van der Waals surface area contributed by atoms with E-state index < -0.39 is 11.7 Å². The molecule has 0 unspecified atom stereocenters. The summed E-state index contributed by atoms with van der Waals surface area (Å²) < 4.78 is 18.7. The summed E-state index contributed by atoms with van der Waals surface area (Å²) in [6.07, 6.45) is 2.85. The Bertz CT molecular complexity index is 1120. The van der Waals surface area contributed by atoms with Gasteiger partial charge in [0.15, 0.2) is 11.5 Å². The van der Waals surface area contributed by atoms with Crippen LogP contribution in [-0.2, 0) is 0 Å². The number of benzene rings is 1. The molecule has 1 N–H and O–H groups in total. The number of aromatic nitrogens is 3. The molecule has 1 aromatic carbocycles. The number of carbonyl (C=O) groups excluding carboxylic acids is 1. The van der Waals surface area contributed by atoms with Gasteiger partial charge in [0.2, 0.25) is 5.76 Å².